The molecule has 0 amide bonds. The van der Waals surface area contributed by atoms with Gasteiger partial charge in [0.05, 0.1) is 6.10 Å². The number of nitrogens with two attached hydrogens (primary N) is 1. The zero-order valence-electron chi connectivity index (χ0n) is 12.0. The molecule has 4 unspecified atom stereocenters. The minimum absolute atomic E-state index is 0.0407. The Labute approximate surface area is 124 Å². The Balaban J connectivity index is 2.02. The molecule has 0 aliphatic heterocycles. The SMILES string of the molecule is CC(N)c1ccc(OC2CCC(C)C(C)C2)cc1Br. The first-order chi connectivity index (χ1) is 8.97. The zero-order chi connectivity index (χ0) is 14.0. The second-order valence-electron chi connectivity index (χ2n) is 5.98. The van der Waals surface area contributed by atoms with Gasteiger partial charge in [0, 0.05) is 10.5 Å². The maximum absolute atomic E-state index is 6.12. The molecule has 0 aromatic heterocycles. The van der Waals surface area contributed by atoms with E-state index in [0.29, 0.717) is 6.10 Å². The van der Waals surface area contributed by atoms with Gasteiger partial charge in [-0.2, -0.15) is 0 Å². The van der Waals surface area contributed by atoms with Crippen molar-refractivity contribution >= 4 is 15.9 Å². The first-order valence-electron chi connectivity index (χ1n) is 7.19. The van der Waals surface area contributed by atoms with E-state index in [4.69, 9.17) is 10.5 Å². The van der Waals surface area contributed by atoms with Crippen molar-refractivity contribution < 1.29 is 4.74 Å². The summed E-state index contributed by atoms with van der Waals surface area (Å²) in [6.45, 7) is 6.66. The zero-order valence-corrected chi connectivity index (χ0v) is 13.6. The van der Waals surface area contributed by atoms with Crippen molar-refractivity contribution in [1.29, 1.82) is 0 Å². The third-order valence-electron chi connectivity index (χ3n) is 4.32. The highest BCUT2D eigenvalue weighted by Crippen LogP contribution is 2.33. The number of hydrogen-bond donors (Lipinski definition) is 1. The van der Waals surface area contributed by atoms with Crippen molar-refractivity contribution in [1.82, 2.24) is 0 Å². The standard InChI is InChI=1S/C16H24BrNO/c1-10-4-5-13(8-11(10)2)19-14-6-7-15(12(3)18)16(17)9-14/h6-7,9-13H,4-5,8,18H2,1-3H3. The Morgan fingerprint density at radius 2 is 2.00 bits per heavy atom. The van der Waals surface area contributed by atoms with Crippen LogP contribution >= 0.6 is 15.9 Å². The van der Waals surface area contributed by atoms with Gasteiger partial charge in [-0.1, -0.05) is 35.8 Å². The fourth-order valence-electron chi connectivity index (χ4n) is 2.75. The predicted molar refractivity (Wildman–Crippen MR) is 83.3 cm³/mol. The molecule has 2 N–H and O–H groups in total. The van der Waals surface area contributed by atoms with Gasteiger partial charge in [-0.05, 0) is 55.7 Å². The number of benzene rings is 1. The summed E-state index contributed by atoms with van der Waals surface area (Å²) in [5, 5.41) is 0. The summed E-state index contributed by atoms with van der Waals surface area (Å²) in [5.41, 5.74) is 7.03. The first kappa shape index (κ1) is 14.9. The van der Waals surface area contributed by atoms with Gasteiger partial charge < -0.3 is 10.5 Å². The molecule has 0 radical (unpaired) electrons. The Hall–Kier alpha value is -0.540. The van der Waals surface area contributed by atoms with Crippen LogP contribution in [0.4, 0.5) is 0 Å². The van der Waals surface area contributed by atoms with Crippen molar-refractivity contribution in [3.8, 4) is 5.75 Å². The van der Waals surface area contributed by atoms with Crippen molar-refractivity contribution in [2.45, 2.75) is 52.2 Å². The molecule has 0 heterocycles. The molecule has 0 bridgehead atoms. The summed E-state index contributed by atoms with van der Waals surface area (Å²) in [7, 11) is 0. The highest BCUT2D eigenvalue weighted by Gasteiger charge is 2.25. The third-order valence-corrected chi connectivity index (χ3v) is 5.00. The largest absolute Gasteiger partial charge is 0.490 e. The lowest BCUT2D eigenvalue weighted by molar-refractivity contribution is 0.101. The average molecular weight is 326 g/mol. The molecule has 4 atom stereocenters. The lowest BCUT2D eigenvalue weighted by Gasteiger charge is -2.32. The van der Waals surface area contributed by atoms with Crippen molar-refractivity contribution in [2.24, 2.45) is 17.6 Å². The van der Waals surface area contributed by atoms with Crippen LogP contribution in [0.25, 0.3) is 0 Å². The molecule has 3 heteroatoms. The molecule has 0 saturated heterocycles. The maximum Gasteiger partial charge on any atom is 0.120 e. The second kappa shape index (κ2) is 6.27. The molecule has 106 valence electrons. The third kappa shape index (κ3) is 3.73. The molecule has 1 aliphatic rings. The van der Waals surface area contributed by atoms with Gasteiger partial charge in [-0.25, -0.2) is 0 Å². The first-order valence-corrected chi connectivity index (χ1v) is 7.98. The van der Waals surface area contributed by atoms with E-state index in [0.717, 1.165) is 40.5 Å². The smallest absolute Gasteiger partial charge is 0.120 e. The maximum atomic E-state index is 6.12. The second-order valence-corrected chi connectivity index (χ2v) is 6.83. The summed E-state index contributed by atoms with van der Waals surface area (Å²) in [6, 6.07) is 6.17. The van der Waals surface area contributed by atoms with E-state index < -0.39 is 0 Å². The normalized spacial score (nSPS) is 29.0. The van der Waals surface area contributed by atoms with E-state index >= 15 is 0 Å². The molecular formula is C16H24BrNO. The van der Waals surface area contributed by atoms with Crippen LogP contribution in [-0.2, 0) is 0 Å². The quantitative estimate of drug-likeness (QED) is 0.876. The van der Waals surface area contributed by atoms with E-state index in [1.54, 1.807) is 0 Å². The van der Waals surface area contributed by atoms with Crippen LogP contribution in [0.1, 0.15) is 51.6 Å². The van der Waals surface area contributed by atoms with Crippen LogP contribution in [-0.4, -0.2) is 6.10 Å². The van der Waals surface area contributed by atoms with Gasteiger partial charge in [-0.3, -0.25) is 0 Å². The van der Waals surface area contributed by atoms with Gasteiger partial charge in [0.15, 0.2) is 0 Å². The lowest BCUT2D eigenvalue weighted by Crippen LogP contribution is -2.28. The summed E-state index contributed by atoms with van der Waals surface area (Å²) >= 11 is 3.57. The molecule has 2 nitrogen and oxygen atoms in total. The molecule has 1 aromatic carbocycles. The Morgan fingerprint density at radius 1 is 1.26 bits per heavy atom. The van der Waals surface area contributed by atoms with Crippen LogP contribution in [0.5, 0.6) is 5.75 Å². The van der Waals surface area contributed by atoms with Gasteiger partial charge in [0.2, 0.25) is 0 Å². The van der Waals surface area contributed by atoms with Crippen molar-refractivity contribution in [3.05, 3.63) is 28.2 Å². The summed E-state index contributed by atoms with van der Waals surface area (Å²) in [4.78, 5) is 0. The fourth-order valence-corrected chi connectivity index (χ4v) is 3.47. The minimum atomic E-state index is 0.0407. The Morgan fingerprint density at radius 3 is 2.58 bits per heavy atom. The topological polar surface area (TPSA) is 35.2 Å². The van der Waals surface area contributed by atoms with E-state index in [1.165, 1.54) is 6.42 Å². The summed E-state index contributed by atoms with van der Waals surface area (Å²) in [6.07, 6.45) is 3.95. The molecule has 1 fully saturated rings. The Bertz CT molecular complexity index is 433. The lowest BCUT2D eigenvalue weighted by atomic mass is 9.80. The number of ether oxygens (including phenoxy) is 1. The van der Waals surface area contributed by atoms with Gasteiger partial charge in [0.25, 0.3) is 0 Å². The van der Waals surface area contributed by atoms with Crippen LogP contribution in [0.15, 0.2) is 22.7 Å². The number of halogens is 1. The predicted octanol–water partition coefficient (Wildman–Crippen LogP) is 4.67. The molecule has 2 rings (SSSR count). The number of rotatable bonds is 3. The van der Waals surface area contributed by atoms with Gasteiger partial charge >= 0.3 is 0 Å². The molecule has 1 saturated carbocycles. The molecule has 19 heavy (non-hydrogen) atoms. The minimum Gasteiger partial charge on any atom is -0.490 e. The van der Waals surface area contributed by atoms with Crippen LogP contribution in [0.2, 0.25) is 0 Å². The molecule has 0 spiro atoms. The van der Waals surface area contributed by atoms with Gasteiger partial charge in [0.1, 0.15) is 5.75 Å². The van der Waals surface area contributed by atoms with Gasteiger partial charge in [-0.15, -0.1) is 0 Å². The van der Waals surface area contributed by atoms with Crippen LogP contribution in [0.3, 0.4) is 0 Å². The van der Waals surface area contributed by atoms with E-state index in [-0.39, 0.29) is 6.04 Å². The highest BCUT2D eigenvalue weighted by molar-refractivity contribution is 9.10. The highest BCUT2D eigenvalue weighted by atomic mass is 79.9. The molecular weight excluding hydrogens is 302 g/mol. The molecule has 1 aliphatic carbocycles. The van der Waals surface area contributed by atoms with E-state index in [1.807, 2.05) is 19.1 Å². The molecule has 1 aromatic rings. The van der Waals surface area contributed by atoms with Crippen molar-refractivity contribution in [2.75, 3.05) is 0 Å². The number of hydrogen-bond acceptors (Lipinski definition) is 2. The fraction of sp³-hybridized carbons (Fsp3) is 0.625. The monoisotopic (exact) mass is 325 g/mol. The van der Waals surface area contributed by atoms with Crippen molar-refractivity contribution in [3.63, 3.8) is 0 Å². The van der Waals surface area contributed by atoms with E-state index in [9.17, 15) is 0 Å². The van der Waals surface area contributed by atoms with E-state index in [2.05, 4.69) is 35.8 Å². The average Bonchev–Trinajstić information content (AvgIpc) is 2.33. The summed E-state index contributed by atoms with van der Waals surface area (Å²) < 4.78 is 7.16. The summed E-state index contributed by atoms with van der Waals surface area (Å²) in [5.74, 6) is 2.53. The van der Waals surface area contributed by atoms with Crippen LogP contribution in [0, 0.1) is 11.8 Å². The van der Waals surface area contributed by atoms with Crippen LogP contribution < -0.4 is 10.5 Å². The Kier molecular flexibility index (Phi) is 4.91.